The molecule has 1 atom stereocenters. The van der Waals surface area contributed by atoms with E-state index in [1.165, 1.54) is 51.4 Å². The molecule has 20 heavy (non-hydrogen) atoms. The Kier molecular flexibility index (Phi) is 6.85. The predicted octanol–water partition coefficient (Wildman–Crippen LogP) is 3.24. The van der Waals surface area contributed by atoms with Crippen molar-refractivity contribution in [3.8, 4) is 0 Å². The van der Waals surface area contributed by atoms with Crippen molar-refractivity contribution in [2.75, 3.05) is 13.1 Å². The molecule has 2 fully saturated rings. The van der Waals surface area contributed by atoms with Crippen LogP contribution in [0, 0.1) is 11.8 Å². The van der Waals surface area contributed by atoms with Crippen LogP contribution in [-0.2, 0) is 4.79 Å². The predicted molar refractivity (Wildman–Crippen MR) is 83.6 cm³/mol. The van der Waals surface area contributed by atoms with Gasteiger partial charge in [0, 0.05) is 12.5 Å². The lowest BCUT2D eigenvalue weighted by Crippen LogP contribution is -2.43. The van der Waals surface area contributed by atoms with Gasteiger partial charge in [0.2, 0.25) is 5.91 Å². The lowest BCUT2D eigenvalue weighted by molar-refractivity contribution is -0.122. The van der Waals surface area contributed by atoms with E-state index in [1.807, 2.05) is 0 Å². The van der Waals surface area contributed by atoms with Crippen molar-refractivity contribution in [1.82, 2.24) is 10.6 Å². The standard InChI is InChI=1S/C17H32N2O/c1-2-3-7-16(15-5-4-6-15)19-17(20)9-8-14-10-12-18-13-11-14/h14-16,18H,2-13H2,1H3,(H,19,20). The number of carbonyl (C=O) groups is 1. The normalized spacial score (nSPS) is 22.2. The number of hydrogen-bond donors (Lipinski definition) is 2. The highest BCUT2D eigenvalue weighted by molar-refractivity contribution is 5.76. The summed E-state index contributed by atoms with van der Waals surface area (Å²) >= 11 is 0. The summed E-state index contributed by atoms with van der Waals surface area (Å²) in [6.45, 7) is 4.50. The highest BCUT2D eigenvalue weighted by Gasteiger charge is 2.28. The summed E-state index contributed by atoms with van der Waals surface area (Å²) in [6, 6.07) is 0.462. The molecule has 1 aliphatic carbocycles. The molecule has 1 saturated heterocycles. The van der Waals surface area contributed by atoms with Crippen molar-refractivity contribution in [3.63, 3.8) is 0 Å². The zero-order valence-electron chi connectivity index (χ0n) is 13.1. The van der Waals surface area contributed by atoms with Gasteiger partial charge < -0.3 is 10.6 Å². The van der Waals surface area contributed by atoms with Gasteiger partial charge in [0.1, 0.15) is 0 Å². The van der Waals surface area contributed by atoms with Gasteiger partial charge in [-0.15, -0.1) is 0 Å². The Morgan fingerprint density at radius 2 is 2.00 bits per heavy atom. The van der Waals surface area contributed by atoms with Crippen LogP contribution in [0.2, 0.25) is 0 Å². The molecule has 0 radical (unpaired) electrons. The summed E-state index contributed by atoms with van der Waals surface area (Å²) in [5.41, 5.74) is 0. The van der Waals surface area contributed by atoms with E-state index in [1.54, 1.807) is 0 Å². The number of carbonyl (C=O) groups excluding carboxylic acids is 1. The Hall–Kier alpha value is -0.570. The Balaban J connectivity index is 1.67. The smallest absolute Gasteiger partial charge is 0.220 e. The number of amides is 1. The van der Waals surface area contributed by atoms with Gasteiger partial charge in [-0.3, -0.25) is 4.79 Å². The second-order valence-corrected chi connectivity index (χ2v) is 6.74. The molecule has 0 spiro atoms. The number of rotatable bonds is 8. The molecule has 0 aromatic heterocycles. The second-order valence-electron chi connectivity index (χ2n) is 6.74. The molecule has 2 rings (SSSR count). The van der Waals surface area contributed by atoms with E-state index in [2.05, 4.69) is 17.6 Å². The fourth-order valence-corrected chi connectivity index (χ4v) is 3.48. The van der Waals surface area contributed by atoms with E-state index >= 15 is 0 Å². The van der Waals surface area contributed by atoms with Crippen molar-refractivity contribution < 1.29 is 4.79 Å². The highest BCUT2D eigenvalue weighted by atomic mass is 16.1. The van der Waals surface area contributed by atoms with Crippen molar-refractivity contribution in [3.05, 3.63) is 0 Å². The number of nitrogens with one attached hydrogen (secondary N) is 2. The van der Waals surface area contributed by atoms with Crippen molar-refractivity contribution in [2.45, 2.75) is 77.2 Å². The van der Waals surface area contributed by atoms with Gasteiger partial charge >= 0.3 is 0 Å². The van der Waals surface area contributed by atoms with Gasteiger partial charge in [-0.2, -0.15) is 0 Å². The molecule has 3 heteroatoms. The zero-order valence-corrected chi connectivity index (χ0v) is 13.1. The topological polar surface area (TPSA) is 41.1 Å². The lowest BCUT2D eigenvalue weighted by atomic mass is 9.78. The molecule has 3 nitrogen and oxygen atoms in total. The van der Waals surface area contributed by atoms with E-state index in [0.29, 0.717) is 11.9 Å². The fraction of sp³-hybridized carbons (Fsp3) is 0.941. The Morgan fingerprint density at radius 3 is 2.60 bits per heavy atom. The van der Waals surface area contributed by atoms with Crippen molar-refractivity contribution in [2.24, 2.45) is 11.8 Å². The van der Waals surface area contributed by atoms with E-state index in [-0.39, 0.29) is 0 Å². The van der Waals surface area contributed by atoms with Crippen LogP contribution in [0.1, 0.15) is 71.1 Å². The summed E-state index contributed by atoms with van der Waals surface area (Å²) in [5, 5.41) is 6.73. The molecule has 116 valence electrons. The van der Waals surface area contributed by atoms with Gasteiger partial charge in [0.15, 0.2) is 0 Å². The monoisotopic (exact) mass is 280 g/mol. The van der Waals surface area contributed by atoms with Gasteiger partial charge in [0.25, 0.3) is 0 Å². The first-order valence-corrected chi connectivity index (χ1v) is 8.79. The first-order valence-electron chi connectivity index (χ1n) is 8.79. The summed E-state index contributed by atoms with van der Waals surface area (Å²) in [4.78, 5) is 12.2. The summed E-state index contributed by atoms with van der Waals surface area (Å²) in [5.74, 6) is 1.83. The van der Waals surface area contributed by atoms with Gasteiger partial charge in [-0.1, -0.05) is 26.2 Å². The van der Waals surface area contributed by atoms with Crippen LogP contribution in [-0.4, -0.2) is 25.0 Å². The molecular weight excluding hydrogens is 248 g/mol. The molecule has 1 aliphatic heterocycles. The Bertz CT molecular complexity index is 283. The van der Waals surface area contributed by atoms with Gasteiger partial charge in [0.05, 0.1) is 0 Å². The van der Waals surface area contributed by atoms with E-state index < -0.39 is 0 Å². The molecule has 1 unspecified atom stereocenters. The van der Waals surface area contributed by atoms with Crippen LogP contribution in [0.4, 0.5) is 0 Å². The maximum atomic E-state index is 12.2. The molecular formula is C17H32N2O. The van der Waals surface area contributed by atoms with Crippen LogP contribution >= 0.6 is 0 Å². The average Bonchev–Trinajstić information content (AvgIpc) is 2.42. The van der Waals surface area contributed by atoms with Crippen molar-refractivity contribution >= 4 is 5.91 Å². The average molecular weight is 280 g/mol. The maximum absolute atomic E-state index is 12.2. The number of piperidine rings is 1. The third-order valence-electron chi connectivity index (χ3n) is 5.17. The quantitative estimate of drug-likeness (QED) is 0.716. The van der Waals surface area contributed by atoms with Crippen LogP contribution in [0.25, 0.3) is 0 Å². The number of unbranched alkanes of at least 4 members (excludes halogenated alkanes) is 1. The lowest BCUT2D eigenvalue weighted by Gasteiger charge is -2.34. The first-order chi connectivity index (χ1) is 9.79. The third-order valence-corrected chi connectivity index (χ3v) is 5.17. The summed E-state index contributed by atoms with van der Waals surface area (Å²) < 4.78 is 0. The molecule has 1 saturated carbocycles. The van der Waals surface area contributed by atoms with E-state index in [4.69, 9.17) is 0 Å². The van der Waals surface area contributed by atoms with E-state index in [9.17, 15) is 4.79 Å². The Labute approximate surface area is 124 Å². The largest absolute Gasteiger partial charge is 0.353 e. The maximum Gasteiger partial charge on any atom is 0.220 e. The molecule has 2 N–H and O–H groups in total. The molecule has 2 aliphatic rings. The molecule has 0 aromatic carbocycles. The third kappa shape index (κ3) is 5.08. The van der Waals surface area contributed by atoms with Crippen LogP contribution in [0.3, 0.4) is 0 Å². The second kappa shape index (κ2) is 8.66. The molecule has 0 aromatic rings. The Morgan fingerprint density at radius 1 is 1.25 bits per heavy atom. The first kappa shape index (κ1) is 15.8. The molecule has 1 heterocycles. The number of hydrogen-bond acceptors (Lipinski definition) is 2. The minimum absolute atomic E-state index is 0.302. The van der Waals surface area contributed by atoms with E-state index in [0.717, 1.165) is 37.8 Å². The van der Waals surface area contributed by atoms with Crippen LogP contribution in [0.5, 0.6) is 0 Å². The minimum Gasteiger partial charge on any atom is -0.353 e. The molecule has 0 bridgehead atoms. The van der Waals surface area contributed by atoms with Crippen LogP contribution < -0.4 is 10.6 Å². The highest BCUT2D eigenvalue weighted by Crippen LogP contribution is 2.31. The zero-order chi connectivity index (χ0) is 14.2. The van der Waals surface area contributed by atoms with Gasteiger partial charge in [-0.05, 0) is 63.5 Å². The van der Waals surface area contributed by atoms with Gasteiger partial charge in [-0.25, -0.2) is 0 Å². The minimum atomic E-state index is 0.302. The fourth-order valence-electron chi connectivity index (χ4n) is 3.48. The van der Waals surface area contributed by atoms with Crippen LogP contribution in [0.15, 0.2) is 0 Å². The SMILES string of the molecule is CCCCC(NC(=O)CCC1CCNCC1)C1CCC1. The summed E-state index contributed by atoms with van der Waals surface area (Å²) in [6.07, 6.45) is 12.0. The summed E-state index contributed by atoms with van der Waals surface area (Å²) in [7, 11) is 0. The van der Waals surface area contributed by atoms with Crippen molar-refractivity contribution in [1.29, 1.82) is 0 Å². The molecule has 1 amide bonds.